The number of carbonyl (C=O) groups excluding carboxylic acids is 2. The number of halogens is 1. The highest BCUT2D eigenvalue weighted by Crippen LogP contribution is 2.13. The van der Waals surface area contributed by atoms with Crippen molar-refractivity contribution >= 4 is 39.2 Å². The minimum Gasteiger partial charge on any atom is -0.329 e. The molecule has 21 heavy (non-hydrogen) atoms. The average molecular weight is 348 g/mol. The summed E-state index contributed by atoms with van der Waals surface area (Å²) < 4.78 is 0.931. The SMILES string of the molecule is O=C(CNC(=O)Nc1ccccc1)Nc1ccc(Br)cc1. The highest BCUT2D eigenvalue weighted by molar-refractivity contribution is 9.10. The van der Waals surface area contributed by atoms with E-state index in [2.05, 4.69) is 31.9 Å². The highest BCUT2D eigenvalue weighted by atomic mass is 79.9. The van der Waals surface area contributed by atoms with Crippen LogP contribution in [0.25, 0.3) is 0 Å². The van der Waals surface area contributed by atoms with E-state index in [-0.39, 0.29) is 12.5 Å². The van der Waals surface area contributed by atoms with Gasteiger partial charge in [-0.05, 0) is 36.4 Å². The second-order valence-corrected chi connectivity index (χ2v) is 5.14. The van der Waals surface area contributed by atoms with Gasteiger partial charge in [0.05, 0.1) is 6.54 Å². The van der Waals surface area contributed by atoms with Gasteiger partial charge in [-0.3, -0.25) is 4.79 Å². The van der Waals surface area contributed by atoms with Crippen molar-refractivity contribution in [3.63, 3.8) is 0 Å². The number of anilines is 2. The molecule has 3 amide bonds. The number of rotatable bonds is 4. The molecule has 0 aromatic heterocycles. The summed E-state index contributed by atoms with van der Waals surface area (Å²) >= 11 is 3.32. The first-order chi connectivity index (χ1) is 10.1. The third-order valence-corrected chi connectivity index (χ3v) is 3.10. The Morgan fingerprint density at radius 1 is 0.857 bits per heavy atom. The van der Waals surface area contributed by atoms with Gasteiger partial charge in [-0.25, -0.2) is 4.79 Å². The molecule has 0 atom stereocenters. The Labute approximate surface area is 130 Å². The van der Waals surface area contributed by atoms with Gasteiger partial charge in [0.2, 0.25) is 5.91 Å². The summed E-state index contributed by atoms with van der Waals surface area (Å²) in [6.07, 6.45) is 0. The van der Waals surface area contributed by atoms with Gasteiger partial charge in [-0.15, -0.1) is 0 Å². The van der Waals surface area contributed by atoms with Crippen molar-refractivity contribution in [1.29, 1.82) is 0 Å². The monoisotopic (exact) mass is 347 g/mol. The molecule has 2 aromatic carbocycles. The fraction of sp³-hybridized carbons (Fsp3) is 0.0667. The normalized spacial score (nSPS) is 9.76. The lowest BCUT2D eigenvalue weighted by molar-refractivity contribution is -0.115. The first kappa shape index (κ1) is 15.1. The summed E-state index contributed by atoms with van der Waals surface area (Å²) in [5.74, 6) is -0.291. The summed E-state index contributed by atoms with van der Waals surface area (Å²) in [7, 11) is 0. The Hall–Kier alpha value is -2.34. The lowest BCUT2D eigenvalue weighted by Crippen LogP contribution is -2.35. The van der Waals surface area contributed by atoms with E-state index in [1.165, 1.54) is 0 Å². The van der Waals surface area contributed by atoms with Gasteiger partial charge >= 0.3 is 6.03 Å². The van der Waals surface area contributed by atoms with E-state index in [1.54, 1.807) is 24.3 Å². The second-order valence-electron chi connectivity index (χ2n) is 4.23. The molecule has 0 radical (unpaired) electrons. The van der Waals surface area contributed by atoms with E-state index in [0.717, 1.165) is 4.47 Å². The Morgan fingerprint density at radius 3 is 2.14 bits per heavy atom. The van der Waals surface area contributed by atoms with Gasteiger partial charge in [-0.2, -0.15) is 0 Å². The second kappa shape index (κ2) is 7.44. The van der Waals surface area contributed by atoms with Crippen LogP contribution in [0.4, 0.5) is 16.2 Å². The molecule has 2 rings (SSSR count). The van der Waals surface area contributed by atoms with Crippen LogP contribution in [-0.4, -0.2) is 18.5 Å². The molecule has 0 aliphatic carbocycles. The van der Waals surface area contributed by atoms with Crippen molar-refractivity contribution in [3.05, 3.63) is 59.1 Å². The molecular weight excluding hydrogens is 334 g/mol. The van der Waals surface area contributed by atoms with Crippen LogP contribution < -0.4 is 16.0 Å². The molecule has 5 nitrogen and oxygen atoms in total. The Morgan fingerprint density at radius 2 is 1.48 bits per heavy atom. The first-order valence-electron chi connectivity index (χ1n) is 6.29. The van der Waals surface area contributed by atoms with Crippen molar-refractivity contribution in [2.75, 3.05) is 17.2 Å². The van der Waals surface area contributed by atoms with Gasteiger partial charge in [0.25, 0.3) is 0 Å². The quantitative estimate of drug-likeness (QED) is 0.794. The minimum atomic E-state index is -0.424. The lowest BCUT2D eigenvalue weighted by atomic mass is 10.3. The highest BCUT2D eigenvalue weighted by Gasteiger charge is 2.05. The number of para-hydroxylation sites is 1. The van der Waals surface area contributed by atoms with Crippen LogP contribution in [0.2, 0.25) is 0 Å². The summed E-state index contributed by atoms with van der Waals surface area (Å²) in [4.78, 5) is 23.3. The van der Waals surface area contributed by atoms with Crippen molar-refractivity contribution in [2.24, 2.45) is 0 Å². The van der Waals surface area contributed by atoms with Crippen LogP contribution in [-0.2, 0) is 4.79 Å². The topological polar surface area (TPSA) is 70.2 Å². The zero-order valence-electron chi connectivity index (χ0n) is 11.1. The molecular formula is C15H14BrN3O2. The predicted molar refractivity (Wildman–Crippen MR) is 86.2 cm³/mol. The molecule has 0 bridgehead atoms. The van der Waals surface area contributed by atoms with E-state index in [4.69, 9.17) is 0 Å². The fourth-order valence-electron chi connectivity index (χ4n) is 1.60. The fourth-order valence-corrected chi connectivity index (χ4v) is 1.86. The number of benzene rings is 2. The molecule has 0 fully saturated rings. The van der Waals surface area contributed by atoms with Crippen LogP contribution in [0, 0.1) is 0 Å². The standard InChI is InChI=1S/C15H14BrN3O2/c16-11-6-8-13(9-7-11)18-14(20)10-17-15(21)19-12-4-2-1-3-5-12/h1-9H,10H2,(H,18,20)(H2,17,19,21). The maximum absolute atomic E-state index is 11.7. The Bertz CT molecular complexity index is 615. The number of carbonyl (C=O) groups is 2. The van der Waals surface area contributed by atoms with Gasteiger partial charge in [0.1, 0.15) is 0 Å². The van der Waals surface area contributed by atoms with Gasteiger partial charge in [0.15, 0.2) is 0 Å². The van der Waals surface area contributed by atoms with Crippen molar-refractivity contribution in [1.82, 2.24) is 5.32 Å². The summed E-state index contributed by atoms with van der Waals surface area (Å²) in [6.45, 7) is -0.102. The van der Waals surface area contributed by atoms with Crippen molar-refractivity contribution < 1.29 is 9.59 Å². The maximum Gasteiger partial charge on any atom is 0.319 e. The molecule has 0 saturated carbocycles. The van der Waals surface area contributed by atoms with E-state index in [9.17, 15) is 9.59 Å². The van der Waals surface area contributed by atoms with Crippen molar-refractivity contribution in [3.8, 4) is 0 Å². The van der Waals surface area contributed by atoms with Gasteiger partial charge in [0, 0.05) is 15.8 Å². The molecule has 6 heteroatoms. The molecule has 0 aliphatic rings. The van der Waals surface area contributed by atoms with Crippen LogP contribution in [0.1, 0.15) is 0 Å². The summed E-state index contributed by atoms with van der Waals surface area (Å²) in [5.41, 5.74) is 1.34. The average Bonchev–Trinajstić information content (AvgIpc) is 2.49. The summed E-state index contributed by atoms with van der Waals surface area (Å²) in [5, 5.41) is 7.81. The van der Waals surface area contributed by atoms with Crippen LogP contribution >= 0.6 is 15.9 Å². The number of nitrogens with one attached hydrogen (secondary N) is 3. The Kier molecular flexibility index (Phi) is 5.34. The molecule has 0 aliphatic heterocycles. The zero-order valence-corrected chi connectivity index (χ0v) is 12.7. The summed E-state index contributed by atoms with van der Waals surface area (Å²) in [6, 6.07) is 15.8. The zero-order chi connectivity index (χ0) is 15.1. The number of hydrogen-bond donors (Lipinski definition) is 3. The minimum absolute atomic E-state index is 0.102. The van der Waals surface area contributed by atoms with E-state index in [1.807, 2.05) is 30.3 Å². The largest absolute Gasteiger partial charge is 0.329 e. The van der Waals surface area contributed by atoms with Crippen LogP contribution in [0.5, 0.6) is 0 Å². The number of amides is 3. The lowest BCUT2D eigenvalue weighted by Gasteiger charge is -2.08. The third kappa shape index (κ3) is 5.27. The molecule has 0 saturated heterocycles. The molecule has 108 valence electrons. The van der Waals surface area contributed by atoms with Gasteiger partial charge < -0.3 is 16.0 Å². The van der Waals surface area contributed by atoms with Gasteiger partial charge in [-0.1, -0.05) is 34.1 Å². The van der Waals surface area contributed by atoms with Crippen LogP contribution in [0.15, 0.2) is 59.1 Å². The van der Waals surface area contributed by atoms with E-state index in [0.29, 0.717) is 11.4 Å². The Balaban J connectivity index is 1.76. The van der Waals surface area contributed by atoms with Crippen molar-refractivity contribution in [2.45, 2.75) is 0 Å². The van der Waals surface area contributed by atoms with E-state index < -0.39 is 6.03 Å². The first-order valence-corrected chi connectivity index (χ1v) is 7.08. The van der Waals surface area contributed by atoms with E-state index >= 15 is 0 Å². The molecule has 3 N–H and O–H groups in total. The smallest absolute Gasteiger partial charge is 0.319 e. The molecule has 0 unspecified atom stereocenters. The number of urea groups is 1. The molecule has 2 aromatic rings. The third-order valence-electron chi connectivity index (χ3n) is 2.57. The molecule has 0 heterocycles. The maximum atomic E-state index is 11.7. The molecule has 0 spiro atoms. The number of hydrogen-bond acceptors (Lipinski definition) is 2. The van der Waals surface area contributed by atoms with Crippen LogP contribution in [0.3, 0.4) is 0 Å². The predicted octanol–water partition coefficient (Wildman–Crippen LogP) is 3.21.